The molecule has 0 saturated carbocycles. The van der Waals surface area contributed by atoms with E-state index in [0.29, 0.717) is 0 Å². The van der Waals surface area contributed by atoms with E-state index in [0.717, 1.165) is 18.5 Å². The van der Waals surface area contributed by atoms with Gasteiger partial charge in [-0.1, -0.05) is 42.4 Å². The van der Waals surface area contributed by atoms with Crippen molar-refractivity contribution >= 4 is 11.5 Å². The number of rotatable bonds is 4. The molecule has 0 aliphatic heterocycles. The minimum Gasteiger partial charge on any atom is -0.409 e. The Morgan fingerprint density at radius 3 is 2.76 bits per heavy atom. The van der Waals surface area contributed by atoms with Crippen molar-refractivity contribution in [3.63, 3.8) is 0 Å². The Morgan fingerprint density at radius 1 is 1.24 bits per heavy atom. The molecule has 0 aromatic heterocycles. The predicted octanol–water partition coefficient (Wildman–Crippen LogP) is 3.19. The molecule has 3 rings (SSSR count). The number of benzene rings is 2. The molecule has 0 spiro atoms. The van der Waals surface area contributed by atoms with E-state index in [1.54, 1.807) is 0 Å². The highest BCUT2D eigenvalue weighted by atomic mass is 16.4. The van der Waals surface area contributed by atoms with Crippen LogP contribution in [0, 0.1) is 0 Å². The summed E-state index contributed by atoms with van der Waals surface area (Å²) in [6.45, 7) is 2.00. The monoisotopic (exact) mass is 281 g/mol. The van der Waals surface area contributed by atoms with Crippen LogP contribution in [0.15, 0.2) is 47.6 Å². The molecule has 4 nitrogen and oxygen atoms in total. The molecule has 1 aliphatic carbocycles. The molecule has 0 heterocycles. The number of fused-ring (bicyclic) bond motifs is 3. The summed E-state index contributed by atoms with van der Waals surface area (Å²) in [4.78, 5) is 0. The number of hydrogen-bond acceptors (Lipinski definition) is 3. The number of oxime groups is 1. The van der Waals surface area contributed by atoms with Crippen LogP contribution in [0.3, 0.4) is 0 Å². The minimum atomic E-state index is -0.156. The summed E-state index contributed by atoms with van der Waals surface area (Å²) >= 11 is 0. The fourth-order valence-electron chi connectivity index (χ4n) is 2.89. The van der Waals surface area contributed by atoms with E-state index in [9.17, 15) is 0 Å². The average molecular weight is 281 g/mol. The van der Waals surface area contributed by atoms with Gasteiger partial charge in [-0.25, -0.2) is 0 Å². The van der Waals surface area contributed by atoms with E-state index in [4.69, 9.17) is 10.9 Å². The SMILES string of the molecule is CCC(Nc1ccc2c(c1)Cc1ccccc1-2)C(N)=NO. The average Bonchev–Trinajstić information content (AvgIpc) is 2.89. The van der Waals surface area contributed by atoms with Crippen molar-refractivity contribution < 1.29 is 5.21 Å². The van der Waals surface area contributed by atoms with Gasteiger partial charge in [-0.3, -0.25) is 0 Å². The summed E-state index contributed by atoms with van der Waals surface area (Å²) < 4.78 is 0. The minimum absolute atomic E-state index is 0.156. The van der Waals surface area contributed by atoms with Crippen LogP contribution in [0.25, 0.3) is 11.1 Å². The molecule has 2 aromatic rings. The van der Waals surface area contributed by atoms with Crippen LogP contribution in [-0.4, -0.2) is 17.1 Å². The molecule has 0 fully saturated rings. The van der Waals surface area contributed by atoms with Gasteiger partial charge in [-0.05, 0) is 47.2 Å². The fourth-order valence-corrected chi connectivity index (χ4v) is 2.89. The zero-order valence-corrected chi connectivity index (χ0v) is 12.0. The Bertz CT molecular complexity index is 694. The van der Waals surface area contributed by atoms with E-state index < -0.39 is 0 Å². The highest BCUT2D eigenvalue weighted by molar-refractivity contribution is 5.88. The Balaban J connectivity index is 1.87. The van der Waals surface area contributed by atoms with Gasteiger partial charge in [0, 0.05) is 5.69 Å². The first kappa shape index (κ1) is 13.5. The standard InChI is InChI=1S/C17H19N3O/c1-2-16(17(18)20-21)19-13-7-8-15-12(10-13)9-11-5-3-4-6-14(11)15/h3-8,10,16,19,21H,2,9H2,1H3,(H2,18,20). The predicted molar refractivity (Wildman–Crippen MR) is 85.8 cm³/mol. The molecule has 4 N–H and O–H groups in total. The van der Waals surface area contributed by atoms with Gasteiger partial charge in [-0.15, -0.1) is 0 Å². The second-order valence-electron chi connectivity index (χ2n) is 5.34. The number of hydrogen-bond donors (Lipinski definition) is 3. The summed E-state index contributed by atoms with van der Waals surface area (Å²) in [5.41, 5.74) is 12.0. The smallest absolute Gasteiger partial charge is 0.161 e. The lowest BCUT2D eigenvalue weighted by molar-refractivity contribution is 0.316. The zero-order chi connectivity index (χ0) is 14.8. The van der Waals surface area contributed by atoms with Crippen molar-refractivity contribution in [2.45, 2.75) is 25.8 Å². The second-order valence-corrected chi connectivity index (χ2v) is 5.34. The van der Waals surface area contributed by atoms with Crippen molar-refractivity contribution in [3.8, 4) is 11.1 Å². The fraction of sp³-hybridized carbons (Fsp3) is 0.235. The van der Waals surface area contributed by atoms with E-state index in [-0.39, 0.29) is 11.9 Å². The maximum atomic E-state index is 8.81. The quantitative estimate of drug-likeness (QED) is 0.298. The van der Waals surface area contributed by atoms with Gasteiger partial charge in [0.2, 0.25) is 0 Å². The van der Waals surface area contributed by atoms with Crippen molar-refractivity contribution in [1.82, 2.24) is 0 Å². The maximum absolute atomic E-state index is 8.81. The molecule has 0 saturated heterocycles. The van der Waals surface area contributed by atoms with Gasteiger partial charge in [-0.2, -0.15) is 0 Å². The van der Waals surface area contributed by atoms with Gasteiger partial charge in [0.25, 0.3) is 0 Å². The molecule has 1 unspecified atom stereocenters. The molecular weight excluding hydrogens is 262 g/mol. The number of amidine groups is 1. The molecule has 0 bridgehead atoms. The van der Waals surface area contributed by atoms with Crippen molar-refractivity contribution in [3.05, 3.63) is 53.6 Å². The molecule has 1 aliphatic rings. The van der Waals surface area contributed by atoms with Gasteiger partial charge in [0.1, 0.15) is 0 Å². The maximum Gasteiger partial charge on any atom is 0.161 e. The van der Waals surface area contributed by atoms with Crippen LogP contribution >= 0.6 is 0 Å². The summed E-state index contributed by atoms with van der Waals surface area (Å²) in [7, 11) is 0. The summed E-state index contributed by atoms with van der Waals surface area (Å²) in [6, 6.07) is 14.7. The third-order valence-electron chi connectivity index (χ3n) is 4.02. The van der Waals surface area contributed by atoms with E-state index >= 15 is 0 Å². The molecule has 4 heteroatoms. The lowest BCUT2D eigenvalue weighted by Crippen LogP contribution is -2.35. The topological polar surface area (TPSA) is 70.6 Å². The van der Waals surface area contributed by atoms with Crippen LogP contribution in [0.2, 0.25) is 0 Å². The second kappa shape index (κ2) is 5.48. The first-order valence-corrected chi connectivity index (χ1v) is 7.18. The summed E-state index contributed by atoms with van der Waals surface area (Å²) in [5, 5.41) is 15.2. The normalized spacial score (nSPS) is 14.4. The first-order valence-electron chi connectivity index (χ1n) is 7.18. The third kappa shape index (κ3) is 2.44. The molecule has 0 radical (unpaired) electrons. The Labute approximate surface area is 124 Å². The first-order chi connectivity index (χ1) is 10.2. The van der Waals surface area contributed by atoms with Crippen molar-refractivity contribution in [2.24, 2.45) is 10.9 Å². The van der Waals surface area contributed by atoms with Crippen molar-refractivity contribution in [1.29, 1.82) is 0 Å². The number of nitrogens with two attached hydrogens (primary N) is 1. The summed E-state index contributed by atoms with van der Waals surface area (Å²) in [6.07, 6.45) is 1.72. The largest absolute Gasteiger partial charge is 0.409 e. The molecule has 108 valence electrons. The lowest BCUT2D eigenvalue weighted by Gasteiger charge is -2.17. The van der Waals surface area contributed by atoms with E-state index in [1.165, 1.54) is 22.3 Å². The highest BCUT2D eigenvalue weighted by Crippen LogP contribution is 2.37. The van der Waals surface area contributed by atoms with E-state index in [2.05, 4.69) is 46.9 Å². The van der Waals surface area contributed by atoms with Crippen molar-refractivity contribution in [2.75, 3.05) is 5.32 Å². The highest BCUT2D eigenvalue weighted by Gasteiger charge is 2.19. The Hall–Kier alpha value is -2.49. The van der Waals surface area contributed by atoms with E-state index in [1.807, 2.05) is 13.0 Å². The number of anilines is 1. The van der Waals surface area contributed by atoms with Crippen LogP contribution < -0.4 is 11.1 Å². The van der Waals surface area contributed by atoms with Crippen LogP contribution in [0.5, 0.6) is 0 Å². The molecule has 0 amide bonds. The molecule has 2 aromatic carbocycles. The lowest BCUT2D eigenvalue weighted by atomic mass is 10.1. The molecule has 1 atom stereocenters. The summed E-state index contributed by atoms with van der Waals surface area (Å²) in [5.74, 6) is 0.210. The number of nitrogens with zero attached hydrogens (tertiary/aromatic N) is 1. The Morgan fingerprint density at radius 2 is 2.00 bits per heavy atom. The van der Waals surface area contributed by atoms with Gasteiger partial charge < -0.3 is 16.3 Å². The van der Waals surface area contributed by atoms with Crippen LogP contribution in [0.1, 0.15) is 24.5 Å². The van der Waals surface area contributed by atoms with Gasteiger partial charge in [0.15, 0.2) is 5.84 Å². The van der Waals surface area contributed by atoms with Crippen LogP contribution in [-0.2, 0) is 6.42 Å². The number of nitrogens with one attached hydrogen (secondary N) is 1. The Kier molecular flexibility index (Phi) is 3.52. The van der Waals surface area contributed by atoms with Gasteiger partial charge >= 0.3 is 0 Å². The zero-order valence-electron chi connectivity index (χ0n) is 12.0. The third-order valence-corrected chi connectivity index (χ3v) is 4.02. The molecule has 21 heavy (non-hydrogen) atoms. The van der Waals surface area contributed by atoms with Crippen LogP contribution in [0.4, 0.5) is 5.69 Å². The van der Waals surface area contributed by atoms with Gasteiger partial charge in [0.05, 0.1) is 6.04 Å². The molecular formula is C17H19N3O.